The van der Waals surface area contributed by atoms with E-state index in [4.69, 9.17) is 13.9 Å². The maximum absolute atomic E-state index is 10.6. The third-order valence-corrected chi connectivity index (χ3v) is 3.39. The van der Waals surface area contributed by atoms with Crippen LogP contribution in [0.3, 0.4) is 0 Å². The third-order valence-electron chi connectivity index (χ3n) is 2.48. The van der Waals surface area contributed by atoms with E-state index >= 15 is 0 Å². The number of methoxy groups -OCH3 is 1. The van der Waals surface area contributed by atoms with Crippen LogP contribution in [0.4, 0.5) is 0 Å². The zero-order valence-corrected chi connectivity index (χ0v) is 12.3. The molecule has 8 heteroatoms. The van der Waals surface area contributed by atoms with Crippen LogP contribution in [0.1, 0.15) is 12.8 Å². The van der Waals surface area contributed by atoms with Crippen LogP contribution in [-0.4, -0.2) is 28.5 Å². The molecule has 21 heavy (non-hydrogen) atoms. The topological polar surface area (TPSA) is 97.5 Å². The number of benzene rings is 1. The van der Waals surface area contributed by atoms with Crippen LogP contribution in [0, 0.1) is 0 Å². The summed E-state index contributed by atoms with van der Waals surface area (Å²) >= 11 is 0.925. The quantitative estimate of drug-likeness (QED) is 0.695. The molecule has 2 aromatic rings. The van der Waals surface area contributed by atoms with Crippen molar-refractivity contribution in [2.24, 2.45) is 0 Å². The average molecular weight is 309 g/mol. The van der Waals surface area contributed by atoms with Gasteiger partial charge in [-0.25, -0.2) is 0 Å². The molecule has 0 saturated heterocycles. The lowest BCUT2D eigenvalue weighted by Crippen LogP contribution is -2.31. The second kappa shape index (κ2) is 6.98. The van der Waals surface area contributed by atoms with E-state index in [-0.39, 0.29) is 17.7 Å². The number of carbonyl (C=O) groups excluding carboxylic acids is 1. The molecule has 0 unspecified atom stereocenters. The molecule has 0 fully saturated rings. The van der Waals surface area contributed by atoms with Crippen molar-refractivity contribution in [2.75, 3.05) is 7.11 Å². The van der Waals surface area contributed by atoms with E-state index in [0.29, 0.717) is 5.75 Å². The lowest BCUT2D eigenvalue weighted by atomic mass is 10.3. The van der Waals surface area contributed by atoms with E-state index in [1.54, 1.807) is 31.4 Å². The van der Waals surface area contributed by atoms with Crippen molar-refractivity contribution in [3.8, 4) is 11.5 Å². The molecule has 0 bridgehead atoms. The van der Waals surface area contributed by atoms with Crippen LogP contribution < -0.4 is 14.6 Å². The first-order chi connectivity index (χ1) is 10.1. The predicted octanol–water partition coefficient (Wildman–Crippen LogP) is 0.888. The Morgan fingerprint density at radius 2 is 2.00 bits per heavy atom. The van der Waals surface area contributed by atoms with Crippen LogP contribution in [0.15, 0.2) is 33.9 Å². The Bertz CT molecular complexity index is 599. The zero-order valence-electron chi connectivity index (χ0n) is 11.4. The van der Waals surface area contributed by atoms with E-state index in [2.05, 4.69) is 10.2 Å². The fraction of sp³-hybridized carbons (Fsp3) is 0.308. The first-order valence-electron chi connectivity index (χ1n) is 6.05. The van der Waals surface area contributed by atoms with Gasteiger partial charge in [0.2, 0.25) is 0 Å². The van der Waals surface area contributed by atoms with Gasteiger partial charge in [-0.2, -0.15) is 0 Å². The average Bonchev–Trinajstić information content (AvgIpc) is 2.93. The summed E-state index contributed by atoms with van der Waals surface area (Å²) in [7, 11) is 1.58. The van der Waals surface area contributed by atoms with E-state index in [1.807, 2.05) is 0 Å². The molecule has 0 aliphatic carbocycles. The molecule has 0 aliphatic rings. The first-order valence-corrected chi connectivity index (χ1v) is 6.93. The highest BCUT2D eigenvalue weighted by atomic mass is 32.2. The monoisotopic (exact) mass is 309 g/mol. The number of aliphatic carboxylic acids is 1. The van der Waals surface area contributed by atoms with Gasteiger partial charge in [-0.1, -0.05) is 11.8 Å². The summed E-state index contributed by atoms with van der Waals surface area (Å²) in [6.07, 6.45) is 0. The number of carbonyl (C=O) groups is 1. The van der Waals surface area contributed by atoms with Crippen LogP contribution >= 0.6 is 11.8 Å². The summed E-state index contributed by atoms with van der Waals surface area (Å²) in [5.41, 5.74) is 0. The Morgan fingerprint density at radius 1 is 1.33 bits per heavy atom. The number of carboxylic acid groups (broad SMARTS) is 1. The van der Waals surface area contributed by atoms with Crippen molar-refractivity contribution in [3.63, 3.8) is 0 Å². The number of nitrogens with zero attached hydrogens (tertiary/aromatic N) is 2. The maximum atomic E-state index is 10.6. The van der Waals surface area contributed by atoms with Crippen molar-refractivity contribution in [1.29, 1.82) is 0 Å². The minimum absolute atomic E-state index is 0.0968. The van der Waals surface area contributed by atoms with Crippen LogP contribution in [0.2, 0.25) is 0 Å². The number of hydrogen-bond acceptors (Lipinski definition) is 8. The molecule has 0 amide bonds. The Hall–Kier alpha value is -2.22. The Kier molecular flexibility index (Phi) is 5.04. The molecule has 1 atom stereocenters. The van der Waals surface area contributed by atoms with Crippen molar-refractivity contribution >= 4 is 17.7 Å². The summed E-state index contributed by atoms with van der Waals surface area (Å²) in [6, 6.07) is 7.05. The van der Waals surface area contributed by atoms with Crippen molar-refractivity contribution in [3.05, 3.63) is 30.2 Å². The molecule has 7 nitrogen and oxygen atoms in total. The lowest BCUT2D eigenvalue weighted by Gasteiger charge is -2.07. The summed E-state index contributed by atoms with van der Waals surface area (Å²) in [4.78, 5) is 10.6. The van der Waals surface area contributed by atoms with Gasteiger partial charge in [0.25, 0.3) is 11.1 Å². The second-order valence-electron chi connectivity index (χ2n) is 4.01. The molecule has 0 saturated carbocycles. The Morgan fingerprint density at radius 3 is 2.62 bits per heavy atom. The Balaban J connectivity index is 1.88. The largest absolute Gasteiger partial charge is 0.549 e. The van der Waals surface area contributed by atoms with Crippen LogP contribution in [-0.2, 0) is 11.4 Å². The van der Waals surface area contributed by atoms with Crippen molar-refractivity contribution in [1.82, 2.24) is 10.2 Å². The summed E-state index contributed by atoms with van der Waals surface area (Å²) in [5, 5.41) is 17.5. The van der Waals surface area contributed by atoms with E-state index in [0.717, 1.165) is 17.5 Å². The van der Waals surface area contributed by atoms with Gasteiger partial charge in [0.1, 0.15) is 11.5 Å². The van der Waals surface area contributed by atoms with Gasteiger partial charge in [0.05, 0.1) is 18.3 Å². The Labute approximate surface area is 125 Å². The van der Waals surface area contributed by atoms with E-state index in [1.165, 1.54) is 6.92 Å². The van der Waals surface area contributed by atoms with Gasteiger partial charge in [0, 0.05) is 0 Å². The molecule has 0 N–H and O–H groups in total. The predicted molar refractivity (Wildman–Crippen MR) is 72.0 cm³/mol. The second-order valence-corrected chi connectivity index (χ2v) is 5.30. The molecule has 112 valence electrons. The molecule has 0 radical (unpaired) electrons. The zero-order chi connectivity index (χ0) is 15.2. The van der Waals surface area contributed by atoms with E-state index < -0.39 is 11.2 Å². The van der Waals surface area contributed by atoms with Gasteiger partial charge >= 0.3 is 0 Å². The SMILES string of the molecule is COc1ccc(OCc2nnc(S[C@H](C)C(=O)[O-])o2)cc1. The number of ether oxygens (including phenoxy) is 2. The lowest BCUT2D eigenvalue weighted by molar-refractivity contribution is -0.304. The standard InChI is InChI=1S/C13H14N2O5S/c1-8(12(16)17)21-13-15-14-11(20-13)7-19-10-5-3-9(18-2)4-6-10/h3-6,8H,7H2,1-2H3,(H,16,17)/p-1/t8-/m1/s1. The van der Waals surface area contributed by atoms with Crippen LogP contribution in [0.5, 0.6) is 11.5 Å². The summed E-state index contributed by atoms with van der Waals surface area (Å²) in [6.45, 7) is 1.58. The molecule has 1 aromatic heterocycles. The minimum atomic E-state index is -1.19. The van der Waals surface area contributed by atoms with Gasteiger partial charge in [0.15, 0.2) is 6.61 Å². The minimum Gasteiger partial charge on any atom is -0.549 e. The highest BCUT2D eigenvalue weighted by molar-refractivity contribution is 8.00. The molecule has 0 aliphatic heterocycles. The molecular formula is C13H13N2O5S-. The number of hydrogen-bond donors (Lipinski definition) is 0. The van der Waals surface area contributed by atoms with Crippen molar-refractivity contribution in [2.45, 2.75) is 24.0 Å². The third kappa shape index (κ3) is 4.38. The fourth-order valence-electron chi connectivity index (χ4n) is 1.36. The van der Waals surface area contributed by atoms with Crippen LogP contribution in [0.25, 0.3) is 0 Å². The molecule has 2 rings (SSSR count). The molecule has 0 spiro atoms. The first kappa shape index (κ1) is 15.2. The molecular weight excluding hydrogens is 296 g/mol. The number of rotatable bonds is 7. The van der Waals surface area contributed by atoms with Gasteiger partial charge in [-0.05, 0) is 31.2 Å². The number of carboxylic acids is 1. The summed E-state index contributed by atoms with van der Waals surface area (Å²) < 4.78 is 15.8. The van der Waals surface area contributed by atoms with Gasteiger partial charge < -0.3 is 23.8 Å². The molecule has 1 aromatic carbocycles. The highest BCUT2D eigenvalue weighted by Crippen LogP contribution is 2.22. The highest BCUT2D eigenvalue weighted by Gasteiger charge is 2.12. The number of aromatic nitrogens is 2. The summed E-state index contributed by atoms with van der Waals surface area (Å²) in [5.74, 6) is 0.439. The van der Waals surface area contributed by atoms with Gasteiger partial charge in [-0.15, -0.1) is 10.2 Å². The normalized spacial score (nSPS) is 11.9. The molecule has 1 heterocycles. The van der Waals surface area contributed by atoms with Crippen molar-refractivity contribution < 1.29 is 23.8 Å². The number of thioether (sulfide) groups is 1. The fourth-order valence-corrected chi connectivity index (χ4v) is 1.99. The smallest absolute Gasteiger partial charge is 0.277 e. The maximum Gasteiger partial charge on any atom is 0.277 e. The van der Waals surface area contributed by atoms with E-state index in [9.17, 15) is 9.90 Å². The van der Waals surface area contributed by atoms with Gasteiger partial charge in [-0.3, -0.25) is 0 Å².